The van der Waals surface area contributed by atoms with Crippen LogP contribution in [-0.4, -0.2) is 43.4 Å². The third kappa shape index (κ3) is 5.96. The highest BCUT2D eigenvalue weighted by Gasteiger charge is 2.10. The Morgan fingerprint density at radius 1 is 1.40 bits per heavy atom. The average molecular weight is 279 g/mol. The number of hydrogen-bond donors (Lipinski definition) is 3. The van der Waals surface area contributed by atoms with Gasteiger partial charge in [0.1, 0.15) is 5.75 Å². The van der Waals surface area contributed by atoms with E-state index in [0.717, 1.165) is 0 Å². The van der Waals surface area contributed by atoms with Crippen molar-refractivity contribution in [3.8, 4) is 5.75 Å². The summed E-state index contributed by atoms with van der Waals surface area (Å²) in [7, 11) is 1.56. The normalized spacial score (nSPS) is 10.4. The van der Waals surface area contributed by atoms with Gasteiger partial charge in [0.05, 0.1) is 6.21 Å². The fourth-order valence-electron chi connectivity index (χ4n) is 1.32. The Hall–Kier alpha value is -2.41. The Morgan fingerprint density at radius 2 is 2.20 bits per heavy atom. The fourth-order valence-corrected chi connectivity index (χ4v) is 1.32. The van der Waals surface area contributed by atoms with Crippen LogP contribution in [0.3, 0.4) is 0 Å². The van der Waals surface area contributed by atoms with E-state index in [-0.39, 0.29) is 5.75 Å². The third-order valence-electron chi connectivity index (χ3n) is 2.27. The largest absolute Gasteiger partial charge is 0.508 e. The van der Waals surface area contributed by atoms with Gasteiger partial charge in [0.25, 0.3) is 0 Å². The van der Waals surface area contributed by atoms with Gasteiger partial charge in [-0.3, -0.25) is 9.59 Å². The summed E-state index contributed by atoms with van der Waals surface area (Å²) < 4.78 is 4.81. The first-order valence-electron chi connectivity index (χ1n) is 6.02. The molecule has 0 saturated heterocycles. The summed E-state index contributed by atoms with van der Waals surface area (Å²) in [6, 6.07) is 6.32. The number of amides is 2. The maximum absolute atomic E-state index is 11.3. The second-order valence-electron chi connectivity index (χ2n) is 3.90. The molecule has 20 heavy (non-hydrogen) atoms. The standard InChI is InChI=1S/C13H17N3O4/c1-20-7-3-6-14-12(18)13(19)16-15-9-10-4-2-5-11(17)8-10/h2,4-5,8-9,17H,3,6-7H2,1H3,(H,14,18)(H,16,19)/b15-9+. The van der Waals surface area contributed by atoms with Gasteiger partial charge in [-0.25, -0.2) is 5.43 Å². The number of carbonyl (C=O) groups excluding carboxylic acids is 2. The van der Waals surface area contributed by atoms with Crippen molar-refractivity contribution in [1.29, 1.82) is 0 Å². The molecule has 7 heteroatoms. The molecular weight excluding hydrogens is 262 g/mol. The number of nitrogens with one attached hydrogen (secondary N) is 2. The molecule has 0 aliphatic heterocycles. The molecule has 2 amide bonds. The smallest absolute Gasteiger partial charge is 0.329 e. The molecule has 0 unspecified atom stereocenters. The SMILES string of the molecule is COCCCNC(=O)C(=O)N/N=C/c1cccc(O)c1. The lowest BCUT2D eigenvalue weighted by Crippen LogP contribution is -2.38. The summed E-state index contributed by atoms with van der Waals surface area (Å²) in [5.41, 5.74) is 2.70. The molecular formula is C13H17N3O4. The van der Waals surface area contributed by atoms with Crippen molar-refractivity contribution in [2.75, 3.05) is 20.3 Å². The van der Waals surface area contributed by atoms with Crippen molar-refractivity contribution in [3.05, 3.63) is 29.8 Å². The van der Waals surface area contributed by atoms with E-state index in [2.05, 4.69) is 15.8 Å². The molecule has 0 aliphatic rings. The molecule has 7 nitrogen and oxygen atoms in total. The minimum atomic E-state index is -0.848. The van der Waals surface area contributed by atoms with Crippen molar-refractivity contribution < 1.29 is 19.4 Å². The molecule has 0 heterocycles. The predicted molar refractivity (Wildman–Crippen MR) is 73.3 cm³/mol. The molecule has 0 saturated carbocycles. The van der Waals surface area contributed by atoms with E-state index in [9.17, 15) is 14.7 Å². The van der Waals surface area contributed by atoms with Gasteiger partial charge < -0.3 is 15.2 Å². The number of ether oxygens (including phenoxy) is 1. The highest BCUT2D eigenvalue weighted by molar-refractivity contribution is 6.35. The minimum Gasteiger partial charge on any atom is -0.508 e. The molecule has 0 bridgehead atoms. The van der Waals surface area contributed by atoms with E-state index in [4.69, 9.17) is 4.74 Å². The summed E-state index contributed by atoms with van der Waals surface area (Å²) in [5.74, 6) is -1.51. The predicted octanol–water partition coefficient (Wildman–Crippen LogP) is -0.00500. The fraction of sp³-hybridized carbons (Fsp3) is 0.308. The maximum atomic E-state index is 11.3. The summed E-state index contributed by atoms with van der Waals surface area (Å²) in [6.45, 7) is 0.869. The molecule has 0 atom stereocenters. The zero-order valence-electron chi connectivity index (χ0n) is 11.1. The molecule has 0 aromatic heterocycles. The number of hydrazone groups is 1. The van der Waals surface area contributed by atoms with Crippen molar-refractivity contribution in [2.24, 2.45) is 5.10 Å². The molecule has 3 N–H and O–H groups in total. The summed E-state index contributed by atoms with van der Waals surface area (Å²) in [4.78, 5) is 22.7. The quantitative estimate of drug-likeness (QED) is 0.295. The number of hydrogen-bond acceptors (Lipinski definition) is 5. The zero-order chi connectivity index (χ0) is 14.8. The van der Waals surface area contributed by atoms with Gasteiger partial charge in [0.15, 0.2) is 0 Å². The molecule has 1 rings (SSSR count). The lowest BCUT2D eigenvalue weighted by atomic mass is 10.2. The third-order valence-corrected chi connectivity index (χ3v) is 2.27. The number of phenolic OH excluding ortho intramolecular Hbond substituents is 1. The Morgan fingerprint density at radius 3 is 2.90 bits per heavy atom. The lowest BCUT2D eigenvalue weighted by Gasteiger charge is -2.03. The minimum absolute atomic E-state index is 0.0937. The highest BCUT2D eigenvalue weighted by Crippen LogP contribution is 2.08. The van der Waals surface area contributed by atoms with Crippen molar-refractivity contribution in [3.63, 3.8) is 0 Å². The Bertz CT molecular complexity index is 488. The van der Waals surface area contributed by atoms with Gasteiger partial charge in [-0.1, -0.05) is 12.1 Å². The molecule has 0 fully saturated rings. The van der Waals surface area contributed by atoms with Crippen LogP contribution in [0.5, 0.6) is 5.75 Å². The first-order chi connectivity index (χ1) is 9.63. The van der Waals surface area contributed by atoms with Crippen LogP contribution < -0.4 is 10.7 Å². The number of benzene rings is 1. The average Bonchev–Trinajstić information content (AvgIpc) is 2.43. The first kappa shape index (κ1) is 15.6. The maximum Gasteiger partial charge on any atom is 0.329 e. The second kappa shape index (κ2) is 8.65. The van der Waals surface area contributed by atoms with Gasteiger partial charge in [-0.15, -0.1) is 0 Å². The number of methoxy groups -OCH3 is 1. The van der Waals surface area contributed by atoms with Gasteiger partial charge in [-0.05, 0) is 24.1 Å². The Labute approximate surface area is 116 Å². The number of aromatic hydroxyl groups is 1. The monoisotopic (exact) mass is 279 g/mol. The molecule has 0 spiro atoms. The van der Waals surface area contributed by atoms with Crippen molar-refractivity contribution >= 4 is 18.0 Å². The van der Waals surface area contributed by atoms with Crippen LogP contribution in [-0.2, 0) is 14.3 Å². The molecule has 0 aliphatic carbocycles. The first-order valence-corrected chi connectivity index (χ1v) is 6.02. The van der Waals surface area contributed by atoms with Crippen molar-refractivity contribution in [2.45, 2.75) is 6.42 Å². The highest BCUT2D eigenvalue weighted by atomic mass is 16.5. The Kier molecular flexibility index (Phi) is 6.77. The van der Waals surface area contributed by atoms with E-state index in [1.807, 2.05) is 0 Å². The van der Waals surface area contributed by atoms with Gasteiger partial charge in [0, 0.05) is 20.3 Å². The molecule has 108 valence electrons. The van der Waals surface area contributed by atoms with E-state index < -0.39 is 11.8 Å². The number of nitrogens with zero attached hydrogens (tertiary/aromatic N) is 1. The van der Waals surface area contributed by atoms with E-state index in [1.54, 1.807) is 19.2 Å². The lowest BCUT2D eigenvalue weighted by molar-refractivity contribution is -0.139. The van der Waals surface area contributed by atoms with E-state index in [0.29, 0.717) is 25.1 Å². The van der Waals surface area contributed by atoms with Crippen molar-refractivity contribution in [1.82, 2.24) is 10.7 Å². The Balaban J connectivity index is 2.33. The van der Waals surface area contributed by atoms with Gasteiger partial charge in [0.2, 0.25) is 0 Å². The number of phenols is 1. The number of carbonyl (C=O) groups is 2. The summed E-state index contributed by atoms with van der Waals surface area (Å²) in [5, 5.41) is 15.3. The van der Waals surface area contributed by atoms with Gasteiger partial charge in [-0.2, -0.15) is 5.10 Å². The molecule has 0 radical (unpaired) electrons. The zero-order valence-corrected chi connectivity index (χ0v) is 11.1. The van der Waals surface area contributed by atoms with E-state index in [1.165, 1.54) is 18.3 Å². The van der Waals surface area contributed by atoms with Crippen LogP contribution in [0.4, 0.5) is 0 Å². The molecule has 1 aromatic rings. The topological polar surface area (TPSA) is 100 Å². The van der Waals surface area contributed by atoms with Crippen LogP contribution in [0.15, 0.2) is 29.4 Å². The second-order valence-corrected chi connectivity index (χ2v) is 3.90. The van der Waals surface area contributed by atoms with E-state index >= 15 is 0 Å². The number of rotatable bonds is 6. The van der Waals surface area contributed by atoms with Crippen LogP contribution in [0, 0.1) is 0 Å². The molecule has 1 aromatic carbocycles. The summed E-state index contributed by atoms with van der Waals surface area (Å²) >= 11 is 0. The summed E-state index contributed by atoms with van der Waals surface area (Å²) in [6.07, 6.45) is 1.96. The van der Waals surface area contributed by atoms with Crippen LogP contribution in [0.2, 0.25) is 0 Å². The van der Waals surface area contributed by atoms with Crippen LogP contribution in [0.1, 0.15) is 12.0 Å². The van der Waals surface area contributed by atoms with Gasteiger partial charge >= 0.3 is 11.8 Å². The van der Waals surface area contributed by atoms with Crippen LogP contribution in [0.25, 0.3) is 0 Å². The van der Waals surface area contributed by atoms with Crippen LogP contribution >= 0.6 is 0 Å².